The summed E-state index contributed by atoms with van der Waals surface area (Å²) in [6, 6.07) is 4.73. The molecule has 0 unspecified atom stereocenters. The highest BCUT2D eigenvalue weighted by molar-refractivity contribution is 5.92. The lowest BCUT2D eigenvalue weighted by Gasteiger charge is -2.22. The van der Waals surface area contributed by atoms with Crippen LogP contribution in [-0.4, -0.2) is 28.9 Å². The van der Waals surface area contributed by atoms with Gasteiger partial charge in [0.1, 0.15) is 5.69 Å². The Bertz CT molecular complexity index is 444. The van der Waals surface area contributed by atoms with E-state index in [-0.39, 0.29) is 11.5 Å². The van der Waals surface area contributed by atoms with Crippen molar-refractivity contribution in [3.8, 4) is 0 Å². The molecule has 0 saturated heterocycles. The molecule has 1 N–H and O–H groups in total. The van der Waals surface area contributed by atoms with Crippen molar-refractivity contribution in [1.82, 2.24) is 9.88 Å². The van der Waals surface area contributed by atoms with Crippen molar-refractivity contribution in [3.05, 3.63) is 34.2 Å². The van der Waals surface area contributed by atoms with E-state index in [1.807, 2.05) is 4.90 Å². The fraction of sp³-hybridized carbons (Fsp3) is 0.625. The molecular weight excluding hydrogens is 252 g/mol. The number of nitrogens with zero attached hydrogens (tertiary/aromatic N) is 1. The second kappa shape index (κ2) is 9.34. The number of hydrogen-bond acceptors (Lipinski definition) is 2. The number of H-pyrrole nitrogens is 1. The van der Waals surface area contributed by atoms with Crippen molar-refractivity contribution in [1.29, 1.82) is 0 Å². The third-order valence-corrected chi connectivity index (χ3v) is 3.35. The molecule has 112 valence electrons. The monoisotopic (exact) mass is 278 g/mol. The molecule has 0 bridgehead atoms. The highest BCUT2D eigenvalue weighted by Gasteiger charge is 2.15. The highest BCUT2D eigenvalue weighted by Crippen LogP contribution is 2.07. The summed E-state index contributed by atoms with van der Waals surface area (Å²) in [6.07, 6.45) is 6.57. The van der Waals surface area contributed by atoms with Gasteiger partial charge in [-0.2, -0.15) is 0 Å². The van der Waals surface area contributed by atoms with Crippen LogP contribution in [0, 0.1) is 0 Å². The lowest BCUT2D eigenvalue weighted by Crippen LogP contribution is -2.34. The summed E-state index contributed by atoms with van der Waals surface area (Å²) in [6.45, 7) is 5.84. The van der Waals surface area contributed by atoms with E-state index in [9.17, 15) is 9.59 Å². The molecule has 0 aliphatic carbocycles. The predicted molar refractivity (Wildman–Crippen MR) is 82.0 cm³/mol. The quantitative estimate of drug-likeness (QED) is 0.705. The number of amides is 1. The molecule has 20 heavy (non-hydrogen) atoms. The number of unbranched alkanes of at least 4 members (excludes halogenated alkanes) is 4. The first kappa shape index (κ1) is 16.5. The second-order valence-electron chi connectivity index (χ2n) is 5.14. The van der Waals surface area contributed by atoms with Crippen molar-refractivity contribution >= 4 is 5.91 Å². The minimum absolute atomic E-state index is 0.0603. The number of nitrogens with one attached hydrogen (secondary N) is 1. The van der Waals surface area contributed by atoms with E-state index in [1.54, 1.807) is 12.1 Å². The molecule has 0 fully saturated rings. The van der Waals surface area contributed by atoms with E-state index in [0.29, 0.717) is 5.69 Å². The van der Waals surface area contributed by atoms with Gasteiger partial charge in [0.15, 0.2) is 0 Å². The lowest BCUT2D eigenvalue weighted by atomic mass is 10.2. The van der Waals surface area contributed by atoms with Crippen LogP contribution in [0.25, 0.3) is 0 Å². The third-order valence-electron chi connectivity index (χ3n) is 3.35. The van der Waals surface area contributed by atoms with Gasteiger partial charge in [-0.05, 0) is 18.9 Å². The molecule has 0 radical (unpaired) electrons. The van der Waals surface area contributed by atoms with Crippen molar-refractivity contribution in [2.45, 2.75) is 52.4 Å². The second-order valence-corrected chi connectivity index (χ2v) is 5.14. The van der Waals surface area contributed by atoms with Gasteiger partial charge in [-0.1, -0.05) is 45.6 Å². The van der Waals surface area contributed by atoms with Gasteiger partial charge >= 0.3 is 0 Å². The van der Waals surface area contributed by atoms with Gasteiger partial charge in [0.05, 0.1) is 0 Å². The van der Waals surface area contributed by atoms with E-state index >= 15 is 0 Å². The molecule has 0 aliphatic rings. The van der Waals surface area contributed by atoms with Crippen molar-refractivity contribution in [3.63, 3.8) is 0 Å². The summed E-state index contributed by atoms with van der Waals surface area (Å²) in [7, 11) is 0. The van der Waals surface area contributed by atoms with Crippen LogP contribution in [-0.2, 0) is 0 Å². The van der Waals surface area contributed by atoms with Crippen LogP contribution >= 0.6 is 0 Å². The molecule has 4 heteroatoms. The summed E-state index contributed by atoms with van der Waals surface area (Å²) in [5.74, 6) is -0.0603. The normalized spacial score (nSPS) is 10.5. The Kier molecular flexibility index (Phi) is 7.70. The number of carbonyl (C=O) groups is 1. The largest absolute Gasteiger partial charge is 0.337 e. The molecule has 1 aromatic rings. The first-order chi connectivity index (χ1) is 9.69. The Morgan fingerprint density at radius 1 is 1.05 bits per heavy atom. The maximum atomic E-state index is 12.4. The first-order valence-electron chi connectivity index (χ1n) is 7.67. The van der Waals surface area contributed by atoms with Crippen LogP contribution in [0.3, 0.4) is 0 Å². The summed E-state index contributed by atoms with van der Waals surface area (Å²) < 4.78 is 0. The fourth-order valence-corrected chi connectivity index (χ4v) is 2.16. The van der Waals surface area contributed by atoms with Gasteiger partial charge in [0.25, 0.3) is 5.91 Å². The minimum atomic E-state index is -0.224. The number of rotatable bonds is 9. The standard InChI is InChI=1S/C16H26N2O2/c1-3-5-7-12-18(13-8-6-4-2)16(20)14-10-9-11-15(19)17-14/h9-11H,3-8,12-13H2,1-2H3,(H,17,19). The molecule has 1 rings (SSSR count). The average molecular weight is 278 g/mol. The predicted octanol–water partition coefficient (Wildman–Crippen LogP) is 3.20. The Labute approximate surface area is 121 Å². The SMILES string of the molecule is CCCCCN(CCCCC)C(=O)c1cccc(=O)[nH]1. The smallest absolute Gasteiger partial charge is 0.270 e. The first-order valence-corrected chi connectivity index (χ1v) is 7.67. The Morgan fingerprint density at radius 2 is 1.65 bits per heavy atom. The van der Waals surface area contributed by atoms with E-state index in [2.05, 4.69) is 18.8 Å². The Balaban J connectivity index is 2.69. The number of carbonyl (C=O) groups excluding carboxylic acids is 1. The van der Waals surface area contributed by atoms with Crippen molar-refractivity contribution in [2.24, 2.45) is 0 Å². The van der Waals surface area contributed by atoms with Crippen LogP contribution in [0.1, 0.15) is 62.9 Å². The Hall–Kier alpha value is -1.58. The van der Waals surface area contributed by atoms with Gasteiger partial charge in [-0.3, -0.25) is 9.59 Å². The molecule has 0 aromatic carbocycles. The molecule has 0 atom stereocenters. The summed E-state index contributed by atoms with van der Waals surface area (Å²) in [5.41, 5.74) is 0.170. The zero-order valence-corrected chi connectivity index (χ0v) is 12.7. The molecule has 0 aliphatic heterocycles. The van der Waals surface area contributed by atoms with E-state index in [0.717, 1.165) is 51.6 Å². The van der Waals surface area contributed by atoms with Crippen LogP contribution in [0.5, 0.6) is 0 Å². The van der Waals surface area contributed by atoms with Crippen molar-refractivity contribution in [2.75, 3.05) is 13.1 Å². The highest BCUT2D eigenvalue weighted by atomic mass is 16.2. The van der Waals surface area contributed by atoms with E-state index in [4.69, 9.17) is 0 Å². The van der Waals surface area contributed by atoms with Crippen LogP contribution in [0.2, 0.25) is 0 Å². The lowest BCUT2D eigenvalue weighted by molar-refractivity contribution is 0.0743. The minimum Gasteiger partial charge on any atom is -0.337 e. The molecular formula is C16H26N2O2. The van der Waals surface area contributed by atoms with E-state index < -0.39 is 0 Å². The fourth-order valence-electron chi connectivity index (χ4n) is 2.16. The average Bonchev–Trinajstić information content (AvgIpc) is 2.45. The summed E-state index contributed by atoms with van der Waals surface area (Å²) >= 11 is 0. The van der Waals surface area contributed by atoms with Gasteiger partial charge in [-0.25, -0.2) is 0 Å². The van der Waals surface area contributed by atoms with Gasteiger partial charge in [0, 0.05) is 19.2 Å². The van der Waals surface area contributed by atoms with Crippen molar-refractivity contribution < 1.29 is 4.79 Å². The third kappa shape index (κ3) is 5.59. The zero-order valence-electron chi connectivity index (χ0n) is 12.7. The summed E-state index contributed by atoms with van der Waals surface area (Å²) in [5, 5.41) is 0. The molecule has 0 spiro atoms. The van der Waals surface area contributed by atoms with Gasteiger partial charge < -0.3 is 9.88 Å². The molecule has 1 aromatic heterocycles. The maximum Gasteiger partial charge on any atom is 0.270 e. The molecule has 0 saturated carbocycles. The molecule has 1 amide bonds. The number of pyridine rings is 1. The Morgan fingerprint density at radius 3 is 2.15 bits per heavy atom. The number of aromatic amines is 1. The summed E-state index contributed by atoms with van der Waals surface area (Å²) in [4.78, 5) is 28.2. The number of aromatic nitrogens is 1. The molecule has 1 heterocycles. The van der Waals surface area contributed by atoms with Crippen LogP contribution in [0.4, 0.5) is 0 Å². The van der Waals surface area contributed by atoms with Crippen LogP contribution in [0.15, 0.2) is 23.0 Å². The maximum absolute atomic E-state index is 12.4. The van der Waals surface area contributed by atoms with E-state index in [1.165, 1.54) is 6.07 Å². The van der Waals surface area contributed by atoms with Gasteiger partial charge in [0.2, 0.25) is 5.56 Å². The number of hydrogen-bond donors (Lipinski definition) is 1. The topological polar surface area (TPSA) is 53.2 Å². The van der Waals surface area contributed by atoms with Crippen LogP contribution < -0.4 is 5.56 Å². The zero-order chi connectivity index (χ0) is 14.8. The van der Waals surface area contributed by atoms with Gasteiger partial charge in [-0.15, -0.1) is 0 Å². The molecule has 4 nitrogen and oxygen atoms in total.